The molecule has 0 spiro atoms. The fraction of sp³-hybridized carbons (Fsp3) is 0.292. The van der Waals surface area contributed by atoms with Crippen LogP contribution in [0.25, 0.3) is 11.3 Å². The van der Waals surface area contributed by atoms with E-state index >= 15 is 0 Å². The van der Waals surface area contributed by atoms with Crippen molar-refractivity contribution in [1.29, 1.82) is 0 Å². The molecule has 2 heterocycles. The predicted octanol–water partition coefficient (Wildman–Crippen LogP) is 4.08. The molecule has 0 atom stereocenters. The number of carbonyl (C=O) groups excluding carboxylic acids is 2. The van der Waals surface area contributed by atoms with Crippen LogP contribution in [0, 0.1) is 6.92 Å². The second-order valence-electron chi connectivity index (χ2n) is 7.83. The maximum Gasteiger partial charge on any atom is 0.238 e. The third-order valence-electron chi connectivity index (χ3n) is 5.42. The van der Waals surface area contributed by atoms with Crippen molar-refractivity contribution < 1.29 is 9.59 Å². The Hall–Kier alpha value is -3.03. The van der Waals surface area contributed by atoms with E-state index in [2.05, 4.69) is 51.7 Å². The predicted molar refractivity (Wildman–Crippen MR) is 126 cm³/mol. The van der Waals surface area contributed by atoms with Gasteiger partial charge >= 0.3 is 0 Å². The second kappa shape index (κ2) is 9.41. The van der Waals surface area contributed by atoms with Crippen LogP contribution >= 0.6 is 11.3 Å². The summed E-state index contributed by atoms with van der Waals surface area (Å²) in [5.41, 5.74) is 4.74. The number of hydrogen-bond donors (Lipinski definition) is 1. The van der Waals surface area contributed by atoms with Gasteiger partial charge in [0.25, 0.3) is 0 Å². The Balaban J connectivity index is 1.27. The molecular weight excluding hydrogens is 408 g/mol. The molecule has 0 aliphatic carbocycles. The number of hydrogen-bond acceptors (Lipinski definition) is 6. The van der Waals surface area contributed by atoms with Crippen molar-refractivity contribution >= 4 is 33.8 Å². The fourth-order valence-corrected chi connectivity index (χ4v) is 4.44. The minimum atomic E-state index is -0.0417. The normalized spacial score (nSPS) is 14.5. The van der Waals surface area contributed by atoms with E-state index in [1.165, 1.54) is 12.5 Å². The van der Waals surface area contributed by atoms with Crippen LogP contribution in [0.5, 0.6) is 0 Å². The van der Waals surface area contributed by atoms with Gasteiger partial charge in [-0.15, -0.1) is 11.3 Å². The Labute approximate surface area is 186 Å². The van der Waals surface area contributed by atoms with Gasteiger partial charge in [-0.2, -0.15) is 0 Å². The zero-order valence-electron chi connectivity index (χ0n) is 17.8. The fourth-order valence-electron chi connectivity index (χ4n) is 3.56. The zero-order valence-corrected chi connectivity index (χ0v) is 18.6. The van der Waals surface area contributed by atoms with E-state index < -0.39 is 0 Å². The maximum absolute atomic E-state index is 12.4. The Morgan fingerprint density at radius 1 is 1.00 bits per heavy atom. The Morgan fingerprint density at radius 3 is 2.32 bits per heavy atom. The summed E-state index contributed by atoms with van der Waals surface area (Å²) in [4.78, 5) is 33.0. The van der Waals surface area contributed by atoms with Crippen LogP contribution in [-0.4, -0.2) is 54.3 Å². The van der Waals surface area contributed by atoms with Crippen molar-refractivity contribution in [3.63, 3.8) is 0 Å². The molecule has 0 bridgehead atoms. The topological polar surface area (TPSA) is 65.5 Å². The highest BCUT2D eigenvalue weighted by Gasteiger charge is 2.21. The van der Waals surface area contributed by atoms with E-state index in [1.54, 1.807) is 35.6 Å². The minimum Gasteiger partial charge on any atom is -0.346 e. The summed E-state index contributed by atoms with van der Waals surface area (Å²) in [6, 6.07) is 15.4. The van der Waals surface area contributed by atoms with Gasteiger partial charge in [0.2, 0.25) is 5.91 Å². The summed E-state index contributed by atoms with van der Waals surface area (Å²) in [6.07, 6.45) is 0. The number of aryl methyl sites for hydroxylation is 1. The lowest BCUT2D eigenvalue weighted by molar-refractivity contribution is -0.117. The van der Waals surface area contributed by atoms with Gasteiger partial charge in [-0.3, -0.25) is 14.5 Å². The first-order chi connectivity index (χ1) is 15.0. The van der Waals surface area contributed by atoms with Gasteiger partial charge in [-0.1, -0.05) is 29.8 Å². The van der Waals surface area contributed by atoms with Crippen molar-refractivity contribution in [3.05, 3.63) is 65.0 Å². The van der Waals surface area contributed by atoms with Crippen molar-refractivity contribution in [2.45, 2.75) is 13.8 Å². The van der Waals surface area contributed by atoms with Crippen LogP contribution in [0.4, 0.5) is 10.8 Å². The number of benzene rings is 2. The molecule has 1 aliphatic rings. The Morgan fingerprint density at radius 2 is 1.68 bits per heavy atom. The number of rotatable bonds is 6. The average Bonchev–Trinajstić information content (AvgIpc) is 3.25. The Bertz CT molecular complexity index is 1050. The van der Waals surface area contributed by atoms with Crippen molar-refractivity contribution in [2.24, 2.45) is 0 Å². The number of ketones is 1. The summed E-state index contributed by atoms with van der Waals surface area (Å²) in [5, 5.41) is 6.05. The summed E-state index contributed by atoms with van der Waals surface area (Å²) >= 11 is 1.67. The van der Waals surface area contributed by atoms with Crippen molar-refractivity contribution in [3.8, 4) is 11.3 Å². The molecule has 31 heavy (non-hydrogen) atoms. The largest absolute Gasteiger partial charge is 0.346 e. The second-order valence-corrected chi connectivity index (χ2v) is 8.66. The highest BCUT2D eigenvalue weighted by molar-refractivity contribution is 7.14. The highest BCUT2D eigenvalue weighted by atomic mass is 32.1. The molecule has 1 aromatic heterocycles. The molecule has 4 rings (SSSR count). The van der Waals surface area contributed by atoms with E-state index in [4.69, 9.17) is 4.98 Å². The lowest BCUT2D eigenvalue weighted by atomic mass is 10.1. The molecule has 3 aromatic rings. The van der Waals surface area contributed by atoms with E-state index in [9.17, 15) is 9.59 Å². The number of piperazine rings is 1. The highest BCUT2D eigenvalue weighted by Crippen LogP contribution is 2.28. The SMILES string of the molecule is CC(=O)c1ccc(NC(=O)CN2CCN(c3nc(-c4ccc(C)cc4)cs3)CC2)cc1. The molecule has 0 unspecified atom stereocenters. The number of carbonyl (C=O) groups is 2. The zero-order chi connectivity index (χ0) is 21.8. The molecule has 7 heteroatoms. The van der Waals surface area contributed by atoms with Gasteiger partial charge in [0.1, 0.15) is 0 Å². The molecule has 2 aromatic carbocycles. The molecule has 1 saturated heterocycles. The van der Waals surface area contributed by atoms with Crippen molar-refractivity contribution in [1.82, 2.24) is 9.88 Å². The van der Waals surface area contributed by atoms with Crippen LogP contribution in [0.3, 0.4) is 0 Å². The molecule has 6 nitrogen and oxygen atoms in total. The molecule has 0 radical (unpaired) electrons. The van der Waals surface area contributed by atoms with Crippen LogP contribution < -0.4 is 10.2 Å². The quantitative estimate of drug-likeness (QED) is 0.592. The summed E-state index contributed by atoms with van der Waals surface area (Å²) < 4.78 is 0. The first-order valence-corrected chi connectivity index (χ1v) is 11.3. The van der Waals surface area contributed by atoms with Gasteiger partial charge in [-0.25, -0.2) is 4.98 Å². The van der Waals surface area contributed by atoms with E-state index in [0.717, 1.165) is 42.6 Å². The van der Waals surface area contributed by atoms with Gasteiger partial charge < -0.3 is 10.2 Å². The molecule has 1 aliphatic heterocycles. The molecule has 0 saturated carbocycles. The maximum atomic E-state index is 12.4. The summed E-state index contributed by atoms with van der Waals surface area (Å²) in [5.74, 6) is -0.0260. The monoisotopic (exact) mass is 434 g/mol. The van der Waals surface area contributed by atoms with Gasteiger partial charge in [-0.05, 0) is 38.1 Å². The molecule has 160 valence electrons. The van der Waals surface area contributed by atoms with Crippen molar-refractivity contribution in [2.75, 3.05) is 42.9 Å². The number of nitrogens with one attached hydrogen (secondary N) is 1. The average molecular weight is 435 g/mol. The molecular formula is C24H26N4O2S. The van der Waals surface area contributed by atoms with E-state index in [1.807, 2.05) is 0 Å². The molecule has 1 N–H and O–H groups in total. The number of aromatic nitrogens is 1. The van der Waals surface area contributed by atoms with Gasteiger partial charge in [0.15, 0.2) is 10.9 Å². The van der Waals surface area contributed by atoms with Gasteiger partial charge in [0.05, 0.1) is 12.2 Å². The first kappa shape index (κ1) is 21.2. The molecule has 1 amide bonds. The lowest BCUT2D eigenvalue weighted by Gasteiger charge is -2.34. The standard InChI is InChI=1S/C24H26N4O2S/c1-17-3-5-20(6-4-17)22-16-31-24(26-22)28-13-11-27(12-14-28)15-23(30)25-21-9-7-19(8-10-21)18(2)29/h3-10,16H,11-15H2,1-2H3,(H,25,30). The number of thiazole rings is 1. The third-order valence-corrected chi connectivity index (χ3v) is 6.33. The number of nitrogens with zero attached hydrogens (tertiary/aromatic N) is 3. The Kier molecular flexibility index (Phi) is 6.44. The molecule has 1 fully saturated rings. The van der Waals surface area contributed by atoms with E-state index in [0.29, 0.717) is 17.8 Å². The number of amides is 1. The number of anilines is 2. The van der Waals surface area contributed by atoms with Crippen LogP contribution in [0.1, 0.15) is 22.8 Å². The number of Topliss-reactive ketones (excluding diaryl/α,β-unsaturated/α-hetero) is 1. The smallest absolute Gasteiger partial charge is 0.238 e. The first-order valence-electron chi connectivity index (χ1n) is 10.4. The van der Waals surface area contributed by atoms with Crippen LogP contribution in [-0.2, 0) is 4.79 Å². The van der Waals surface area contributed by atoms with Crippen LogP contribution in [0.2, 0.25) is 0 Å². The van der Waals surface area contributed by atoms with E-state index in [-0.39, 0.29) is 11.7 Å². The summed E-state index contributed by atoms with van der Waals surface area (Å²) in [6.45, 7) is 7.30. The summed E-state index contributed by atoms with van der Waals surface area (Å²) in [7, 11) is 0. The van der Waals surface area contributed by atoms with Crippen LogP contribution in [0.15, 0.2) is 53.9 Å². The minimum absolute atomic E-state index is 0.0157. The lowest BCUT2D eigenvalue weighted by Crippen LogP contribution is -2.48. The third kappa shape index (κ3) is 5.37. The van der Waals surface area contributed by atoms with Gasteiger partial charge in [0, 0.05) is 48.4 Å².